The Kier molecular flexibility index (Phi) is 3.78. The largest absolute Gasteiger partial charge is 0.481 e. The van der Waals surface area contributed by atoms with Crippen LogP contribution in [0.15, 0.2) is 48.5 Å². The highest BCUT2D eigenvalue weighted by atomic mass is 16.4. The molecule has 2 aromatic rings. The molecular weight excluding hydrogens is 224 g/mol. The molecule has 0 atom stereocenters. The van der Waals surface area contributed by atoms with Crippen LogP contribution < -0.4 is 0 Å². The number of aliphatic carboxylic acids is 1. The highest BCUT2D eigenvalue weighted by molar-refractivity contribution is 5.70. The molecule has 0 aliphatic rings. The fourth-order valence-corrected chi connectivity index (χ4v) is 2.11. The fourth-order valence-electron chi connectivity index (χ4n) is 2.11. The van der Waals surface area contributed by atoms with Crippen molar-refractivity contribution in [2.24, 2.45) is 0 Å². The number of rotatable bonds is 4. The van der Waals surface area contributed by atoms with Crippen LogP contribution in [0.4, 0.5) is 0 Å². The zero-order valence-corrected chi connectivity index (χ0v) is 10.4. The topological polar surface area (TPSA) is 37.3 Å². The smallest absolute Gasteiger partial charge is 0.307 e. The molecule has 92 valence electrons. The molecule has 0 bridgehead atoms. The summed E-state index contributed by atoms with van der Waals surface area (Å²) >= 11 is 0. The van der Waals surface area contributed by atoms with Gasteiger partial charge in [0.15, 0.2) is 0 Å². The molecule has 2 heteroatoms. The average Bonchev–Trinajstić information content (AvgIpc) is 2.31. The molecule has 0 aromatic heterocycles. The van der Waals surface area contributed by atoms with Crippen LogP contribution in [0.3, 0.4) is 0 Å². The number of benzene rings is 2. The lowest BCUT2D eigenvalue weighted by molar-refractivity contribution is -0.136. The SMILES string of the molecule is Cc1cccc(Cc2ccccc2CC(=O)O)c1. The Labute approximate surface area is 107 Å². The fraction of sp³-hybridized carbons (Fsp3) is 0.188. The Balaban J connectivity index is 2.26. The Morgan fingerprint density at radius 3 is 2.44 bits per heavy atom. The molecule has 0 amide bonds. The number of hydrogen-bond acceptors (Lipinski definition) is 1. The average molecular weight is 240 g/mol. The lowest BCUT2D eigenvalue weighted by Gasteiger charge is -2.08. The molecule has 2 rings (SSSR count). The lowest BCUT2D eigenvalue weighted by Crippen LogP contribution is -2.04. The van der Waals surface area contributed by atoms with Crippen LogP contribution in [0.2, 0.25) is 0 Å². The van der Waals surface area contributed by atoms with Crippen LogP contribution in [-0.4, -0.2) is 11.1 Å². The summed E-state index contributed by atoms with van der Waals surface area (Å²) in [6, 6.07) is 16.0. The van der Waals surface area contributed by atoms with Crippen molar-refractivity contribution in [1.82, 2.24) is 0 Å². The molecule has 0 radical (unpaired) electrons. The highest BCUT2D eigenvalue weighted by Crippen LogP contribution is 2.16. The highest BCUT2D eigenvalue weighted by Gasteiger charge is 2.06. The van der Waals surface area contributed by atoms with Crippen molar-refractivity contribution in [2.75, 3.05) is 0 Å². The maximum atomic E-state index is 10.8. The van der Waals surface area contributed by atoms with E-state index >= 15 is 0 Å². The second kappa shape index (κ2) is 5.50. The summed E-state index contributed by atoms with van der Waals surface area (Å²) in [6.45, 7) is 2.06. The molecule has 0 saturated carbocycles. The Hall–Kier alpha value is -2.09. The number of carbonyl (C=O) groups is 1. The van der Waals surface area contributed by atoms with Gasteiger partial charge in [0, 0.05) is 0 Å². The van der Waals surface area contributed by atoms with Crippen LogP contribution in [0.5, 0.6) is 0 Å². The van der Waals surface area contributed by atoms with E-state index in [1.807, 2.05) is 30.3 Å². The summed E-state index contributed by atoms with van der Waals surface area (Å²) < 4.78 is 0. The van der Waals surface area contributed by atoms with Gasteiger partial charge in [0.25, 0.3) is 0 Å². The zero-order chi connectivity index (χ0) is 13.0. The summed E-state index contributed by atoms with van der Waals surface area (Å²) in [4.78, 5) is 10.8. The Morgan fingerprint density at radius 2 is 1.78 bits per heavy atom. The molecule has 0 aliphatic carbocycles. The van der Waals surface area contributed by atoms with Gasteiger partial charge in [-0.15, -0.1) is 0 Å². The van der Waals surface area contributed by atoms with Gasteiger partial charge in [0.1, 0.15) is 0 Å². The van der Waals surface area contributed by atoms with Gasteiger partial charge in [0.2, 0.25) is 0 Å². The van der Waals surface area contributed by atoms with Crippen molar-refractivity contribution in [3.63, 3.8) is 0 Å². The van der Waals surface area contributed by atoms with E-state index in [-0.39, 0.29) is 6.42 Å². The Bertz CT molecular complexity index is 559. The first kappa shape index (κ1) is 12.4. The second-order valence-corrected chi connectivity index (χ2v) is 4.51. The second-order valence-electron chi connectivity index (χ2n) is 4.51. The van der Waals surface area contributed by atoms with E-state index in [1.165, 1.54) is 11.1 Å². The third kappa shape index (κ3) is 3.20. The minimum atomic E-state index is -0.785. The molecule has 0 spiro atoms. The zero-order valence-electron chi connectivity index (χ0n) is 10.4. The van der Waals surface area contributed by atoms with E-state index in [0.717, 1.165) is 17.5 Å². The molecule has 0 aliphatic heterocycles. The van der Waals surface area contributed by atoms with E-state index < -0.39 is 5.97 Å². The number of carboxylic acid groups (broad SMARTS) is 1. The molecule has 2 aromatic carbocycles. The van der Waals surface area contributed by atoms with E-state index in [9.17, 15) is 4.79 Å². The summed E-state index contributed by atoms with van der Waals surface area (Å²) in [5, 5.41) is 8.90. The molecular formula is C16H16O2. The molecule has 0 heterocycles. The van der Waals surface area contributed by atoms with E-state index in [2.05, 4.69) is 25.1 Å². The first-order valence-corrected chi connectivity index (χ1v) is 5.99. The van der Waals surface area contributed by atoms with Gasteiger partial charge in [-0.2, -0.15) is 0 Å². The molecule has 2 nitrogen and oxygen atoms in total. The molecule has 0 fully saturated rings. The number of hydrogen-bond donors (Lipinski definition) is 1. The van der Waals surface area contributed by atoms with Crippen molar-refractivity contribution in [3.05, 3.63) is 70.8 Å². The van der Waals surface area contributed by atoms with Crippen LogP contribution >= 0.6 is 0 Å². The summed E-state index contributed by atoms with van der Waals surface area (Å²) in [5.74, 6) is -0.785. The van der Waals surface area contributed by atoms with Gasteiger partial charge in [-0.3, -0.25) is 4.79 Å². The summed E-state index contributed by atoms with van der Waals surface area (Å²) in [7, 11) is 0. The van der Waals surface area contributed by atoms with E-state index in [1.54, 1.807) is 0 Å². The van der Waals surface area contributed by atoms with Crippen LogP contribution in [0.1, 0.15) is 22.3 Å². The Morgan fingerprint density at radius 1 is 1.06 bits per heavy atom. The first-order valence-electron chi connectivity index (χ1n) is 5.99. The summed E-state index contributed by atoms with van der Waals surface area (Å²) in [5.41, 5.74) is 4.42. The van der Waals surface area contributed by atoms with Gasteiger partial charge in [-0.05, 0) is 30.0 Å². The number of carboxylic acids is 1. The molecule has 0 unspecified atom stereocenters. The summed E-state index contributed by atoms with van der Waals surface area (Å²) in [6.07, 6.45) is 0.868. The first-order chi connectivity index (χ1) is 8.65. The maximum Gasteiger partial charge on any atom is 0.307 e. The predicted octanol–water partition coefficient (Wildman–Crippen LogP) is 3.21. The molecule has 0 saturated heterocycles. The third-order valence-corrected chi connectivity index (χ3v) is 2.94. The van der Waals surface area contributed by atoms with E-state index in [4.69, 9.17) is 5.11 Å². The van der Waals surface area contributed by atoms with Crippen molar-refractivity contribution in [1.29, 1.82) is 0 Å². The lowest BCUT2D eigenvalue weighted by atomic mass is 9.97. The van der Waals surface area contributed by atoms with E-state index in [0.29, 0.717) is 0 Å². The van der Waals surface area contributed by atoms with Crippen molar-refractivity contribution in [3.8, 4) is 0 Å². The monoisotopic (exact) mass is 240 g/mol. The maximum absolute atomic E-state index is 10.8. The van der Waals surface area contributed by atoms with Gasteiger partial charge in [-0.25, -0.2) is 0 Å². The van der Waals surface area contributed by atoms with Crippen LogP contribution in [0, 0.1) is 6.92 Å². The normalized spacial score (nSPS) is 10.3. The van der Waals surface area contributed by atoms with Gasteiger partial charge < -0.3 is 5.11 Å². The molecule has 18 heavy (non-hydrogen) atoms. The minimum Gasteiger partial charge on any atom is -0.481 e. The quantitative estimate of drug-likeness (QED) is 0.891. The van der Waals surface area contributed by atoms with Gasteiger partial charge in [-0.1, -0.05) is 54.1 Å². The standard InChI is InChI=1S/C16H16O2/c1-12-5-4-6-13(9-12)10-14-7-2-3-8-15(14)11-16(17)18/h2-9H,10-11H2,1H3,(H,17,18). The minimum absolute atomic E-state index is 0.0853. The van der Waals surface area contributed by atoms with Crippen molar-refractivity contribution in [2.45, 2.75) is 19.8 Å². The van der Waals surface area contributed by atoms with Crippen LogP contribution in [0.25, 0.3) is 0 Å². The van der Waals surface area contributed by atoms with Crippen molar-refractivity contribution >= 4 is 5.97 Å². The van der Waals surface area contributed by atoms with Crippen LogP contribution in [-0.2, 0) is 17.6 Å². The van der Waals surface area contributed by atoms with Crippen molar-refractivity contribution < 1.29 is 9.90 Å². The predicted molar refractivity (Wildman–Crippen MR) is 71.8 cm³/mol. The third-order valence-electron chi connectivity index (χ3n) is 2.94. The number of aryl methyl sites for hydroxylation is 1. The van der Waals surface area contributed by atoms with Gasteiger partial charge >= 0.3 is 5.97 Å². The van der Waals surface area contributed by atoms with Gasteiger partial charge in [0.05, 0.1) is 6.42 Å². The molecule has 1 N–H and O–H groups in total.